The van der Waals surface area contributed by atoms with Crippen LogP contribution in [0.5, 0.6) is 0 Å². The van der Waals surface area contributed by atoms with Crippen molar-refractivity contribution in [1.82, 2.24) is 9.80 Å². The second-order valence-electron chi connectivity index (χ2n) is 7.55. The van der Waals surface area contributed by atoms with Crippen LogP contribution in [0.3, 0.4) is 0 Å². The molecule has 2 amide bonds. The summed E-state index contributed by atoms with van der Waals surface area (Å²) in [5.74, 6) is 1.30. The molecule has 0 aromatic carbocycles. The predicted molar refractivity (Wildman–Crippen MR) is 81.6 cm³/mol. The number of hydrogen-bond acceptors (Lipinski definition) is 2. The number of fused-ring (bicyclic) bond motifs is 1. The summed E-state index contributed by atoms with van der Waals surface area (Å²) in [7, 11) is 0. The Hall–Kier alpha value is -1.06. The molecule has 0 aromatic heterocycles. The molecule has 2 heterocycles. The molecule has 3 rings (SSSR count). The molecule has 118 valence electrons. The summed E-state index contributed by atoms with van der Waals surface area (Å²) >= 11 is 0. The maximum atomic E-state index is 13.0. The van der Waals surface area contributed by atoms with Gasteiger partial charge in [0.1, 0.15) is 12.1 Å². The monoisotopic (exact) mass is 292 g/mol. The molecule has 4 nitrogen and oxygen atoms in total. The Morgan fingerprint density at radius 3 is 2.43 bits per heavy atom. The van der Waals surface area contributed by atoms with Crippen LogP contribution in [0, 0.1) is 11.8 Å². The van der Waals surface area contributed by atoms with Gasteiger partial charge in [0.15, 0.2) is 0 Å². The average Bonchev–Trinajstić information content (AvgIpc) is 2.88. The second-order valence-corrected chi connectivity index (χ2v) is 7.55. The normalized spacial score (nSPS) is 37.3. The number of piperidine rings is 1. The van der Waals surface area contributed by atoms with E-state index in [1.807, 2.05) is 9.80 Å². The van der Waals surface area contributed by atoms with Crippen LogP contribution < -0.4 is 0 Å². The third kappa shape index (κ3) is 2.47. The molecular weight excluding hydrogens is 264 g/mol. The number of amides is 2. The van der Waals surface area contributed by atoms with Crippen LogP contribution in [0.25, 0.3) is 0 Å². The average molecular weight is 292 g/mol. The molecular formula is C17H28N2O2. The number of piperazine rings is 1. The minimum atomic E-state index is -0.234. The number of hydrogen-bond donors (Lipinski definition) is 0. The van der Waals surface area contributed by atoms with Gasteiger partial charge in [-0.05, 0) is 50.4 Å². The van der Waals surface area contributed by atoms with Gasteiger partial charge in [-0.25, -0.2) is 0 Å². The lowest BCUT2D eigenvalue weighted by atomic mass is 9.89. The van der Waals surface area contributed by atoms with Crippen molar-refractivity contribution >= 4 is 11.8 Å². The highest BCUT2D eigenvalue weighted by molar-refractivity contribution is 5.97. The number of rotatable bonds is 2. The van der Waals surface area contributed by atoms with Crippen molar-refractivity contribution in [3.8, 4) is 0 Å². The van der Waals surface area contributed by atoms with Gasteiger partial charge in [-0.3, -0.25) is 9.59 Å². The van der Waals surface area contributed by atoms with E-state index >= 15 is 0 Å². The third-order valence-corrected chi connectivity index (χ3v) is 5.57. The SMILES string of the molecule is CC1CCC(N2C(=O)C3CCCCN3C(=O)C2C(C)C)C1. The van der Waals surface area contributed by atoms with E-state index in [0.29, 0.717) is 5.92 Å². The standard InChI is InChI=1S/C17H28N2O2/c1-11(2)15-17(21)18-9-5-4-6-14(18)16(20)19(15)13-8-7-12(3)10-13/h11-15H,4-10H2,1-3H3. The Kier molecular flexibility index (Phi) is 3.98. The van der Waals surface area contributed by atoms with Crippen molar-refractivity contribution in [2.24, 2.45) is 11.8 Å². The summed E-state index contributed by atoms with van der Waals surface area (Å²) in [5.41, 5.74) is 0. The molecule has 2 aliphatic heterocycles. The molecule has 4 unspecified atom stereocenters. The van der Waals surface area contributed by atoms with Gasteiger partial charge in [0.05, 0.1) is 0 Å². The van der Waals surface area contributed by atoms with Crippen LogP contribution in [0.4, 0.5) is 0 Å². The van der Waals surface area contributed by atoms with Crippen LogP contribution in [0.15, 0.2) is 0 Å². The highest BCUT2D eigenvalue weighted by Crippen LogP contribution is 2.36. The Bertz CT molecular complexity index is 435. The van der Waals surface area contributed by atoms with Gasteiger partial charge in [-0.2, -0.15) is 0 Å². The van der Waals surface area contributed by atoms with Crippen LogP contribution in [0.2, 0.25) is 0 Å². The topological polar surface area (TPSA) is 40.6 Å². The van der Waals surface area contributed by atoms with E-state index in [2.05, 4.69) is 20.8 Å². The summed E-state index contributed by atoms with van der Waals surface area (Å²) in [5, 5.41) is 0. The van der Waals surface area contributed by atoms with Gasteiger partial charge >= 0.3 is 0 Å². The molecule has 3 aliphatic rings. The summed E-state index contributed by atoms with van der Waals surface area (Å²) < 4.78 is 0. The summed E-state index contributed by atoms with van der Waals surface area (Å²) in [6.07, 6.45) is 6.28. The highest BCUT2D eigenvalue weighted by Gasteiger charge is 2.50. The van der Waals surface area contributed by atoms with Gasteiger partial charge in [0.2, 0.25) is 11.8 Å². The third-order valence-electron chi connectivity index (χ3n) is 5.57. The fourth-order valence-electron chi connectivity index (χ4n) is 4.49. The molecule has 1 saturated carbocycles. The van der Waals surface area contributed by atoms with E-state index in [1.54, 1.807) is 0 Å². The van der Waals surface area contributed by atoms with Crippen LogP contribution in [-0.2, 0) is 9.59 Å². The minimum absolute atomic E-state index is 0.169. The Morgan fingerprint density at radius 1 is 1.05 bits per heavy atom. The Balaban J connectivity index is 1.91. The van der Waals surface area contributed by atoms with Gasteiger partial charge < -0.3 is 9.80 Å². The van der Waals surface area contributed by atoms with Crippen molar-refractivity contribution in [3.05, 3.63) is 0 Å². The lowest BCUT2D eigenvalue weighted by molar-refractivity contribution is -0.168. The van der Waals surface area contributed by atoms with Gasteiger partial charge in [0, 0.05) is 12.6 Å². The molecule has 0 bridgehead atoms. The molecule has 4 atom stereocenters. The molecule has 0 N–H and O–H groups in total. The first-order chi connectivity index (χ1) is 10.0. The molecule has 4 heteroatoms. The van der Waals surface area contributed by atoms with Gasteiger partial charge in [0.25, 0.3) is 0 Å². The van der Waals surface area contributed by atoms with E-state index in [4.69, 9.17) is 0 Å². The summed E-state index contributed by atoms with van der Waals surface area (Å²) in [6, 6.07) is -0.118. The predicted octanol–water partition coefficient (Wildman–Crippen LogP) is 2.42. The highest BCUT2D eigenvalue weighted by atomic mass is 16.2. The van der Waals surface area contributed by atoms with Crippen LogP contribution in [0.1, 0.15) is 59.3 Å². The summed E-state index contributed by atoms with van der Waals surface area (Å²) in [6.45, 7) is 7.18. The molecule has 0 radical (unpaired) electrons. The first-order valence-corrected chi connectivity index (χ1v) is 8.63. The second kappa shape index (κ2) is 5.62. The van der Waals surface area contributed by atoms with Crippen molar-refractivity contribution in [3.63, 3.8) is 0 Å². The van der Waals surface area contributed by atoms with Crippen molar-refractivity contribution in [2.75, 3.05) is 6.54 Å². The zero-order chi connectivity index (χ0) is 15.1. The maximum absolute atomic E-state index is 13.0. The number of nitrogens with zero attached hydrogens (tertiary/aromatic N) is 2. The number of carbonyl (C=O) groups excluding carboxylic acids is 2. The van der Waals surface area contributed by atoms with Crippen molar-refractivity contribution in [2.45, 2.75) is 77.4 Å². The van der Waals surface area contributed by atoms with E-state index in [-0.39, 0.29) is 35.9 Å². The van der Waals surface area contributed by atoms with E-state index in [0.717, 1.165) is 38.6 Å². The van der Waals surface area contributed by atoms with E-state index in [1.165, 1.54) is 6.42 Å². The fraction of sp³-hybridized carbons (Fsp3) is 0.882. The first-order valence-electron chi connectivity index (χ1n) is 8.63. The minimum Gasteiger partial charge on any atom is -0.329 e. The van der Waals surface area contributed by atoms with E-state index in [9.17, 15) is 9.59 Å². The lowest BCUT2D eigenvalue weighted by Crippen LogP contribution is -2.68. The summed E-state index contributed by atoms with van der Waals surface area (Å²) in [4.78, 5) is 29.9. The molecule has 1 aliphatic carbocycles. The smallest absolute Gasteiger partial charge is 0.246 e. The van der Waals surface area contributed by atoms with Crippen LogP contribution in [-0.4, -0.2) is 46.3 Å². The molecule has 21 heavy (non-hydrogen) atoms. The Morgan fingerprint density at radius 2 is 1.81 bits per heavy atom. The van der Waals surface area contributed by atoms with E-state index < -0.39 is 0 Å². The molecule has 0 spiro atoms. The first kappa shape index (κ1) is 14.9. The zero-order valence-corrected chi connectivity index (χ0v) is 13.5. The fourth-order valence-corrected chi connectivity index (χ4v) is 4.49. The van der Waals surface area contributed by atoms with Gasteiger partial charge in [-0.1, -0.05) is 20.8 Å². The zero-order valence-electron chi connectivity index (χ0n) is 13.5. The van der Waals surface area contributed by atoms with Gasteiger partial charge in [-0.15, -0.1) is 0 Å². The largest absolute Gasteiger partial charge is 0.329 e. The maximum Gasteiger partial charge on any atom is 0.246 e. The molecule has 0 aromatic rings. The molecule has 2 saturated heterocycles. The van der Waals surface area contributed by atoms with Crippen molar-refractivity contribution < 1.29 is 9.59 Å². The van der Waals surface area contributed by atoms with Crippen LogP contribution >= 0.6 is 0 Å². The lowest BCUT2D eigenvalue weighted by Gasteiger charge is -2.50. The number of carbonyl (C=O) groups is 2. The Labute approximate surface area is 127 Å². The molecule has 3 fully saturated rings. The quantitative estimate of drug-likeness (QED) is 0.784. The van der Waals surface area contributed by atoms with Crippen molar-refractivity contribution in [1.29, 1.82) is 0 Å².